The highest BCUT2D eigenvalue weighted by atomic mass is 32.2. The quantitative estimate of drug-likeness (QED) is 0.763. The van der Waals surface area contributed by atoms with Crippen molar-refractivity contribution in [3.05, 3.63) is 65.7 Å². The van der Waals surface area contributed by atoms with Crippen molar-refractivity contribution in [1.29, 1.82) is 0 Å². The number of amides is 1. The Morgan fingerprint density at radius 1 is 1.14 bits per heavy atom. The minimum atomic E-state index is -2.95. The zero-order chi connectivity index (χ0) is 20.4. The molecule has 4 rings (SSSR count). The van der Waals surface area contributed by atoms with Crippen LogP contribution in [0.4, 0.5) is 5.69 Å². The molecule has 6 nitrogen and oxygen atoms in total. The van der Waals surface area contributed by atoms with E-state index in [2.05, 4.69) is 34.7 Å². The van der Waals surface area contributed by atoms with Crippen molar-refractivity contribution in [2.75, 3.05) is 23.4 Å². The van der Waals surface area contributed by atoms with E-state index in [1.165, 1.54) is 17.3 Å². The molecule has 3 atom stereocenters. The zero-order valence-corrected chi connectivity index (χ0v) is 17.7. The molecule has 0 aliphatic carbocycles. The Kier molecular flexibility index (Phi) is 5.65. The smallest absolute Gasteiger partial charge is 0.251 e. The lowest BCUT2D eigenvalue weighted by molar-refractivity contribution is 0.0951. The van der Waals surface area contributed by atoms with Crippen LogP contribution >= 0.6 is 11.8 Å². The molecule has 1 saturated heterocycles. The third-order valence-corrected chi connectivity index (χ3v) is 8.30. The average Bonchev–Trinajstić information content (AvgIpc) is 3.19. The molecule has 0 aromatic heterocycles. The molecule has 2 aliphatic heterocycles. The Hall–Kier alpha value is -2.32. The first-order valence-corrected chi connectivity index (χ1v) is 12.2. The van der Waals surface area contributed by atoms with Gasteiger partial charge in [-0.1, -0.05) is 49.0 Å². The molecule has 1 fully saturated rings. The third-order valence-electron chi connectivity index (χ3n) is 5.15. The monoisotopic (exact) mass is 429 g/mol. The Labute approximate surface area is 175 Å². The average molecular weight is 430 g/mol. The summed E-state index contributed by atoms with van der Waals surface area (Å²) in [5.74, 6) is 0.460. The Bertz CT molecular complexity index is 1020. The largest absolute Gasteiger partial charge is 0.351 e. The predicted molar refractivity (Wildman–Crippen MR) is 119 cm³/mol. The summed E-state index contributed by atoms with van der Waals surface area (Å²) in [4.78, 5) is 16.9. The maximum atomic E-state index is 12.4. The van der Waals surface area contributed by atoms with E-state index < -0.39 is 9.84 Å². The zero-order valence-electron chi connectivity index (χ0n) is 16.0. The fourth-order valence-corrected chi connectivity index (χ4v) is 7.17. The summed E-state index contributed by atoms with van der Waals surface area (Å²) >= 11 is 1.48. The highest BCUT2D eigenvalue weighted by Crippen LogP contribution is 2.34. The summed E-state index contributed by atoms with van der Waals surface area (Å²) in [5.41, 5.74) is 2.62. The molecule has 2 aromatic carbocycles. The molecular weight excluding hydrogens is 406 g/mol. The first-order chi connectivity index (χ1) is 13.9. The van der Waals surface area contributed by atoms with Gasteiger partial charge in [-0.3, -0.25) is 9.79 Å². The van der Waals surface area contributed by atoms with Gasteiger partial charge in [-0.2, -0.15) is 0 Å². The fraction of sp³-hybridized carbons (Fsp3) is 0.333. The van der Waals surface area contributed by atoms with Crippen LogP contribution in [0.15, 0.2) is 59.6 Å². The van der Waals surface area contributed by atoms with Crippen molar-refractivity contribution in [2.45, 2.75) is 24.1 Å². The van der Waals surface area contributed by atoms with Gasteiger partial charge < -0.3 is 10.6 Å². The highest BCUT2D eigenvalue weighted by Gasteiger charge is 2.42. The number of anilines is 1. The second-order valence-electron chi connectivity index (χ2n) is 7.46. The van der Waals surface area contributed by atoms with E-state index in [-0.39, 0.29) is 34.6 Å². The number of nitrogens with one attached hydrogen (secondary N) is 2. The van der Waals surface area contributed by atoms with Gasteiger partial charge in [0.15, 0.2) is 15.0 Å². The topological polar surface area (TPSA) is 87.6 Å². The van der Waals surface area contributed by atoms with Crippen LogP contribution in [-0.4, -0.2) is 48.8 Å². The summed E-state index contributed by atoms with van der Waals surface area (Å²) in [6.07, 6.45) is 0. The van der Waals surface area contributed by atoms with Crippen LogP contribution in [0.5, 0.6) is 0 Å². The molecule has 0 spiro atoms. The molecular formula is C21H23N3O3S2. The molecule has 8 heteroatoms. The third kappa shape index (κ3) is 4.82. The molecule has 0 saturated carbocycles. The molecule has 2 aromatic rings. The number of carbonyl (C=O) groups excluding carboxylic acids is 1. The van der Waals surface area contributed by atoms with Crippen LogP contribution in [0.25, 0.3) is 0 Å². The SMILES string of the molecule is C[C@H](CNC(=O)c1ccc(NC2=N[C@H]3CS(=O)(=O)C[C@H]3S2)cc1)c1ccccc1. The molecule has 29 heavy (non-hydrogen) atoms. The number of hydrogen-bond acceptors (Lipinski definition) is 6. The first kappa shape index (κ1) is 20.0. The predicted octanol–water partition coefficient (Wildman–Crippen LogP) is 2.90. The normalized spacial score (nSPS) is 23.1. The number of hydrogen-bond donors (Lipinski definition) is 2. The van der Waals surface area contributed by atoms with Crippen molar-refractivity contribution >= 4 is 38.4 Å². The van der Waals surface area contributed by atoms with E-state index in [9.17, 15) is 13.2 Å². The molecule has 1 amide bonds. The second-order valence-corrected chi connectivity index (χ2v) is 10.8. The van der Waals surface area contributed by atoms with Gasteiger partial charge in [0.2, 0.25) is 0 Å². The molecule has 0 radical (unpaired) electrons. The van der Waals surface area contributed by atoms with Gasteiger partial charge in [0.25, 0.3) is 5.91 Å². The van der Waals surface area contributed by atoms with Crippen LogP contribution in [0.1, 0.15) is 28.8 Å². The van der Waals surface area contributed by atoms with Gasteiger partial charge in [-0.25, -0.2) is 8.42 Å². The van der Waals surface area contributed by atoms with Crippen molar-refractivity contribution < 1.29 is 13.2 Å². The summed E-state index contributed by atoms with van der Waals surface area (Å²) in [6.45, 7) is 2.66. The number of thioether (sulfide) groups is 1. The lowest BCUT2D eigenvalue weighted by Crippen LogP contribution is -2.27. The van der Waals surface area contributed by atoms with Crippen LogP contribution in [-0.2, 0) is 9.84 Å². The van der Waals surface area contributed by atoms with Crippen LogP contribution in [0.2, 0.25) is 0 Å². The number of nitrogens with zero attached hydrogens (tertiary/aromatic N) is 1. The fourth-order valence-electron chi connectivity index (χ4n) is 3.49. The van der Waals surface area contributed by atoms with E-state index in [1.807, 2.05) is 30.3 Å². The van der Waals surface area contributed by atoms with E-state index in [0.717, 1.165) is 10.9 Å². The van der Waals surface area contributed by atoms with Crippen molar-refractivity contribution in [3.63, 3.8) is 0 Å². The number of rotatable bonds is 5. The maximum Gasteiger partial charge on any atom is 0.251 e. The number of amidine groups is 1. The molecule has 2 aliphatic rings. The van der Waals surface area contributed by atoms with Gasteiger partial charge in [0, 0.05) is 23.0 Å². The van der Waals surface area contributed by atoms with E-state index >= 15 is 0 Å². The van der Waals surface area contributed by atoms with Gasteiger partial charge >= 0.3 is 0 Å². The van der Waals surface area contributed by atoms with E-state index in [4.69, 9.17) is 0 Å². The minimum absolute atomic E-state index is 0.0131. The second kappa shape index (κ2) is 8.20. The number of sulfone groups is 1. The van der Waals surface area contributed by atoms with Gasteiger partial charge in [-0.15, -0.1) is 0 Å². The number of benzene rings is 2. The van der Waals surface area contributed by atoms with Gasteiger partial charge in [0.1, 0.15) is 0 Å². The van der Waals surface area contributed by atoms with E-state index in [0.29, 0.717) is 12.1 Å². The minimum Gasteiger partial charge on any atom is -0.351 e. The first-order valence-electron chi connectivity index (χ1n) is 9.55. The lowest BCUT2D eigenvalue weighted by atomic mass is 10.0. The molecule has 2 heterocycles. The van der Waals surface area contributed by atoms with Gasteiger partial charge in [-0.05, 0) is 35.7 Å². The molecule has 0 bridgehead atoms. The van der Waals surface area contributed by atoms with Crippen molar-refractivity contribution in [2.24, 2.45) is 4.99 Å². The number of carbonyl (C=O) groups is 1. The molecule has 152 valence electrons. The van der Waals surface area contributed by atoms with Crippen LogP contribution in [0, 0.1) is 0 Å². The van der Waals surface area contributed by atoms with Crippen molar-refractivity contribution in [1.82, 2.24) is 5.32 Å². The summed E-state index contributed by atoms with van der Waals surface area (Å²) in [6, 6.07) is 17.2. The maximum absolute atomic E-state index is 12.4. The number of fused-ring (bicyclic) bond motifs is 1. The molecule has 0 unspecified atom stereocenters. The highest BCUT2D eigenvalue weighted by molar-refractivity contribution is 8.15. The standard InChI is InChI=1S/C21H23N3O3S2/c1-14(15-5-3-2-4-6-15)11-22-20(25)16-7-9-17(10-8-16)23-21-24-18-12-29(26,27)13-19(18)28-21/h2-10,14,18-19H,11-13H2,1H3,(H,22,25)(H,23,24)/t14-,18+,19-/m1/s1. The van der Waals surface area contributed by atoms with E-state index in [1.54, 1.807) is 12.1 Å². The lowest BCUT2D eigenvalue weighted by Gasteiger charge is -2.13. The molecule has 2 N–H and O–H groups in total. The summed E-state index contributed by atoms with van der Waals surface area (Å²) in [5, 5.41) is 6.95. The Morgan fingerprint density at radius 2 is 1.86 bits per heavy atom. The summed E-state index contributed by atoms with van der Waals surface area (Å²) < 4.78 is 23.3. The summed E-state index contributed by atoms with van der Waals surface area (Å²) in [7, 11) is -2.95. The Balaban J connectivity index is 1.31. The van der Waals surface area contributed by atoms with Crippen molar-refractivity contribution in [3.8, 4) is 0 Å². The Morgan fingerprint density at radius 3 is 2.55 bits per heavy atom. The van der Waals surface area contributed by atoms with Gasteiger partial charge in [0.05, 0.1) is 17.5 Å². The number of aliphatic imine (C=N–C) groups is 1. The van der Waals surface area contributed by atoms with Crippen LogP contribution in [0.3, 0.4) is 0 Å². The van der Waals surface area contributed by atoms with Crippen LogP contribution < -0.4 is 10.6 Å².